The molecule has 3 heteroatoms. The van der Waals surface area contributed by atoms with Gasteiger partial charge in [0.15, 0.2) is 0 Å². The summed E-state index contributed by atoms with van der Waals surface area (Å²) in [5.41, 5.74) is 1.34. The molecule has 0 aromatic heterocycles. The van der Waals surface area contributed by atoms with Crippen LogP contribution in [0, 0.1) is 0 Å². The van der Waals surface area contributed by atoms with Crippen LogP contribution in [0.1, 0.15) is 31.4 Å². The highest BCUT2D eigenvalue weighted by atomic mass is 16.5. The van der Waals surface area contributed by atoms with E-state index in [-0.39, 0.29) is 0 Å². The highest BCUT2D eigenvalue weighted by Crippen LogP contribution is 2.22. The van der Waals surface area contributed by atoms with Crippen molar-refractivity contribution in [2.45, 2.75) is 31.8 Å². The Balaban J connectivity index is 1.93. The van der Waals surface area contributed by atoms with E-state index >= 15 is 0 Å². The highest BCUT2D eigenvalue weighted by Gasteiger charge is 2.19. The largest absolute Gasteiger partial charge is 0.497 e. The summed E-state index contributed by atoms with van der Waals surface area (Å²) in [7, 11) is 3.91. The normalized spacial score (nSPS) is 21.2. The fraction of sp³-hybridized carbons (Fsp3) is 0.600. The molecule has 1 aromatic rings. The number of nitrogens with one attached hydrogen (secondary N) is 1. The molecule has 2 atom stereocenters. The monoisotopic (exact) mass is 248 g/mol. The van der Waals surface area contributed by atoms with Crippen molar-refractivity contribution in [2.75, 3.05) is 27.2 Å². The van der Waals surface area contributed by atoms with Crippen LogP contribution in [0.15, 0.2) is 24.3 Å². The van der Waals surface area contributed by atoms with E-state index in [1.807, 2.05) is 12.1 Å². The molecule has 3 nitrogen and oxygen atoms in total. The highest BCUT2D eigenvalue weighted by molar-refractivity contribution is 5.28. The van der Waals surface area contributed by atoms with Crippen LogP contribution in [0.2, 0.25) is 0 Å². The van der Waals surface area contributed by atoms with Gasteiger partial charge in [-0.15, -0.1) is 0 Å². The Morgan fingerprint density at radius 2 is 2.11 bits per heavy atom. The molecular formula is C15H24N2O. The molecule has 0 saturated carbocycles. The minimum Gasteiger partial charge on any atom is -0.497 e. The van der Waals surface area contributed by atoms with Gasteiger partial charge in [-0.05, 0) is 51.1 Å². The fourth-order valence-corrected chi connectivity index (χ4v) is 2.56. The topological polar surface area (TPSA) is 24.5 Å². The predicted octanol–water partition coefficient (Wildman–Crippen LogP) is 2.44. The molecule has 1 N–H and O–H groups in total. The molecule has 100 valence electrons. The van der Waals surface area contributed by atoms with Gasteiger partial charge >= 0.3 is 0 Å². The van der Waals surface area contributed by atoms with Crippen molar-refractivity contribution in [3.63, 3.8) is 0 Å². The van der Waals surface area contributed by atoms with Gasteiger partial charge in [-0.2, -0.15) is 0 Å². The molecule has 2 unspecified atom stereocenters. The summed E-state index contributed by atoms with van der Waals surface area (Å²) in [4.78, 5) is 2.42. The third-order valence-electron chi connectivity index (χ3n) is 3.93. The molecule has 18 heavy (non-hydrogen) atoms. The average Bonchev–Trinajstić information content (AvgIpc) is 2.91. The number of hydrogen-bond donors (Lipinski definition) is 1. The second-order valence-corrected chi connectivity index (χ2v) is 5.18. The number of rotatable bonds is 5. The molecule has 1 heterocycles. The number of benzene rings is 1. The van der Waals surface area contributed by atoms with Crippen LogP contribution in [-0.4, -0.2) is 38.2 Å². The summed E-state index contributed by atoms with van der Waals surface area (Å²) in [6, 6.07) is 9.49. The first-order valence-electron chi connectivity index (χ1n) is 6.78. The molecule has 1 saturated heterocycles. The molecular weight excluding hydrogens is 224 g/mol. The van der Waals surface area contributed by atoms with Crippen LogP contribution in [0.25, 0.3) is 0 Å². The number of hydrogen-bond acceptors (Lipinski definition) is 3. The first-order chi connectivity index (χ1) is 8.70. The van der Waals surface area contributed by atoms with E-state index in [0.29, 0.717) is 12.1 Å². The van der Waals surface area contributed by atoms with Crippen LogP contribution in [-0.2, 0) is 0 Å². The molecule has 0 aliphatic carbocycles. The first kappa shape index (κ1) is 13.4. The fourth-order valence-electron chi connectivity index (χ4n) is 2.56. The Hall–Kier alpha value is -1.06. The molecule has 1 aliphatic heterocycles. The summed E-state index contributed by atoms with van der Waals surface area (Å²) >= 11 is 0. The number of ether oxygens (including phenoxy) is 1. The Morgan fingerprint density at radius 3 is 2.67 bits per heavy atom. The maximum Gasteiger partial charge on any atom is 0.118 e. The first-order valence-corrected chi connectivity index (χ1v) is 6.78. The second-order valence-electron chi connectivity index (χ2n) is 5.18. The Kier molecular flexibility index (Phi) is 4.61. The van der Waals surface area contributed by atoms with Gasteiger partial charge in [0.1, 0.15) is 5.75 Å². The van der Waals surface area contributed by atoms with Crippen LogP contribution in [0.4, 0.5) is 0 Å². The van der Waals surface area contributed by atoms with E-state index in [4.69, 9.17) is 4.74 Å². The molecule has 1 fully saturated rings. The molecule has 0 amide bonds. The third-order valence-corrected chi connectivity index (χ3v) is 3.93. The standard InChI is InChI=1S/C15H24N2O/c1-12(13-6-8-15(18-3)9-7-13)17(2)11-14-5-4-10-16-14/h6-9,12,14,16H,4-5,10-11H2,1-3H3. The quantitative estimate of drug-likeness (QED) is 0.866. The van der Waals surface area contributed by atoms with Crippen LogP contribution < -0.4 is 10.1 Å². The average molecular weight is 248 g/mol. The van der Waals surface area contributed by atoms with Gasteiger partial charge in [0.05, 0.1) is 7.11 Å². The van der Waals surface area contributed by atoms with Crippen molar-refractivity contribution in [1.82, 2.24) is 10.2 Å². The summed E-state index contributed by atoms with van der Waals surface area (Å²) in [5, 5.41) is 3.55. The van der Waals surface area contributed by atoms with Gasteiger partial charge in [-0.3, -0.25) is 4.90 Å². The number of likely N-dealkylation sites (N-methyl/N-ethyl adjacent to an activating group) is 1. The lowest BCUT2D eigenvalue weighted by Crippen LogP contribution is -2.36. The van der Waals surface area contributed by atoms with Gasteiger partial charge in [-0.25, -0.2) is 0 Å². The Labute approximate surface area is 110 Å². The van der Waals surface area contributed by atoms with Crippen molar-refractivity contribution in [2.24, 2.45) is 0 Å². The van der Waals surface area contributed by atoms with Crippen molar-refractivity contribution in [3.05, 3.63) is 29.8 Å². The van der Waals surface area contributed by atoms with Crippen LogP contribution in [0.5, 0.6) is 5.75 Å². The van der Waals surface area contributed by atoms with E-state index < -0.39 is 0 Å². The summed E-state index contributed by atoms with van der Waals surface area (Å²) in [6.07, 6.45) is 2.62. The lowest BCUT2D eigenvalue weighted by Gasteiger charge is -2.28. The minimum absolute atomic E-state index is 0.443. The van der Waals surface area contributed by atoms with E-state index in [1.54, 1.807) is 7.11 Å². The Bertz CT molecular complexity index is 357. The minimum atomic E-state index is 0.443. The lowest BCUT2D eigenvalue weighted by atomic mass is 10.1. The van der Waals surface area contributed by atoms with Crippen LogP contribution >= 0.6 is 0 Å². The van der Waals surface area contributed by atoms with Gasteiger partial charge in [0, 0.05) is 18.6 Å². The maximum atomic E-state index is 5.19. The van der Waals surface area contributed by atoms with Gasteiger partial charge in [-0.1, -0.05) is 12.1 Å². The second kappa shape index (κ2) is 6.21. The molecule has 1 aliphatic rings. The Morgan fingerprint density at radius 1 is 1.39 bits per heavy atom. The third kappa shape index (κ3) is 3.24. The van der Waals surface area contributed by atoms with E-state index in [2.05, 4.69) is 36.3 Å². The number of nitrogens with zero attached hydrogens (tertiary/aromatic N) is 1. The van der Waals surface area contributed by atoms with Gasteiger partial charge in [0.25, 0.3) is 0 Å². The molecule has 0 bridgehead atoms. The van der Waals surface area contributed by atoms with Crippen molar-refractivity contribution < 1.29 is 4.74 Å². The molecule has 0 radical (unpaired) electrons. The van der Waals surface area contributed by atoms with Crippen molar-refractivity contribution in [1.29, 1.82) is 0 Å². The molecule has 2 rings (SSSR count). The van der Waals surface area contributed by atoms with Gasteiger partial charge in [0.2, 0.25) is 0 Å². The van der Waals surface area contributed by atoms with E-state index in [1.165, 1.54) is 24.9 Å². The zero-order valence-electron chi connectivity index (χ0n) is 11.6. The zero-order valence-corrected chi connectivity index (χ0v) is 11.6. The van der Waals surface area contributed by atoms with E-state index in [0.717, 1.165) is 12.3 Å². The van der Waals surface area contributed by atoms with Crippen LogP contribution in [0.3, 0.4) is 0 Å². The van der Waals surface area contributed by atoms with Crippen molar-refractivity contribution >= 4 is 0 Å². The smallest absolute Gasteiger partial charge is 0.118 e. The molecule has 1 aromatic carbocycles. The SMILES string of the molecule is COc1ccc(C(C)N(C)CC2CCCN2)cc1. The van der Waals surface area contributed by atoms with Gasteiger partial charge < -0.3 is 10.1 Å². The van der Waals surface area contributed by atoms with E-state index in [9.17, 15) is 0 Å². The number of methoxy groups -OCH3 is 1. The maximum absolute atomic E-state index is 5.19. The summed E-state index contributed by atoms with van der Waals surface area (Å²) in [6.45, 7) is 4.55. The molecule has 0 spiro atoms. The van der Waals surface area contributed by atoms with Crippen molar-refractivity contribution in [3.8, 4) is 5.75 Å². The summed E-state index contributed by atoms with van der Waals surface area (Å²) < 4.78 is 5.19. The summed E-state index contributed by atoms with van der Waals surface area (Å²) in [5.74, 6) is 0.922. The predicted molar refractivity (Wildman–Crippen MR) is 75.1 cm³/mol. The zero-order chi connectivity index (χ0) is 13.0. The lowest BCUT2D eigenvalue weighted by molar-refractivity contribution is 0.238.